The lowest BCUT2D eigenvalue weighted by molar-refractivity contribution is 0.454. The first-order chi connectivity index (χ1) is 9.10. The van der Waals surface area contributed by atoms with Gasteiger partial charge in [0.25, 0.3) is 5.22 Å². The van der Waals surface area contributed by atoms with E-state index < -0.39 is 0 Å². The molecule has 2 N–H and O–H groups in total. The largest absolute Gasteiger partial charge is 0.439 e. The van der Waals surface area contributed by atoms with E-state index >= 15 is 0 Å². The summed E-state index contributed by atoms with van der Waals surface area (Å²) in [4.78, 5) is 5.03. The summed E-state index contributed by atoms with van der Waals surface area (Å²) in [6, 6.07) is 4.98. The molecule has 0 aliphatic rings. The van der Waals surface area contributed by atoms with Gasteiger partial charge >= 0.3 is 0 Å². The summed E-state index contributed by atoms with van der Waals surface area (Å²) < 4.78 is 19.2. The highest BCUT2D eigenvalue weighted by molar-refractivity contribution is 7.99. The number of rotatable bonds is 5. The van der Waals surface area contributed by atoms with Crippen LogP contribution in [0.3, 0.4) is 0 Å². The average molecular weight is 280 g/mol. The molecule has 1 heterocycles. The maximum absolute atomic E-state index is 13.9. The second kappa shape index (κ2) is 6.21. The Bertz CT molecular complexity index is 556. The lowest BCUT2D eigenvalue weighted by Crippen LogP contribution is -2.22. The zero-order valence-corrected chi connectivity index (χ0v) is 11.8. The molecule has 102 valence electrons. The van der Waals surface area contributed by atoms with Crippen LogP contribution in [0.5, 0.6) is 0 Å². The molecule has 0 amide bonds. The monoisotopic (exact) mass is 280 g/mol. The van der Waals surface area contributed by atoms with Crippen molar-refractivity contribution in [2.75, 3.05) is 0 Å². The van der Waals surface area contributed by atoms with Gasteiger partial charge in [-0.05, 0) is 43.7 Å². The summed E-state index contributed by atoms with van der Waals surface area (Å²) in [5, 5.41) is 0.523. The maximum Gasteiger partial charge on any atom is 0.260 e. The van der Waals surface area contributed by atoms with E-state index in [1.807, 2.05) is 19.9 Å². The van der Waals surface area contributed by atoms with E-state index in [0.717, 1.165) is 17.0 Å². The molecule has 0 aliphatic carbocycles. The second-order valence-electron chi connectivity index (χ2n) is 4.45. The predicted molar refractivity (Wildman–Crippen MR) is 73.7 cm³/mol. The Labute approximate surface area is 116 Å². The van der Waals surface area contributed by atoms with Gasteiger partial charge in [0.15, 0.2) is 0 Å². The minimum absolute atomic E-state index is 0.0393. The van der Waals surface area contributed by atoms with Gasteiger partial charge in [-0.2, -0.15) is 0 Å². The molecule has 0 radical (unpaired) electrons. The minimum atomic E-state index is -0.225. The van der Waals surface area contributed by atoms with Crippen molar-refractivity contribution in [3.05, 3.63) is 41.5 Å². The van der Waals surface area contributed by atoms with Crippen LogP contribution < -0.4 is 5.73 Å². The summed E-state index contributed by atoms with van der Waals surface area (Å²) >= 11 is 1.33. The number of halogens is 1. The standard InChI is InChI=1S/C14H17FN2OS/c1-3-10(16)7-11-12(15)5-4-6-13(11)19-14-17-9(2)8-18-14/h4-6,8,10H,3,7,16H2,1-2H3. The Morgan fingerprint density at radius 1 is 1.47 bits per heavy atom. The van der Waals surface area contributed by atoms with Crippen LogP contribution in [0.4, 0.5) is 4.39 Å². The molecule has 0 fully saturated rings. The van der Waals surface area contributed by atoms with Gasteiger partial charge in [-0.25, -0.2) is 9.37 Å². The van der Waals surface area contributed by atoms with E-state index in [0.29, 0.717) is 17.2 Å². The van der Waals surface area contributed by atoms with E-state index in [-0.39, 0.29) is 11.9 Å². The molecular weight excluding hydrogens is 263 g/mol. The highest BCUT2D eigenvalue weighted by Crippen LogP contribution is 2.31. The second-order valence-corrected chi connectivity index (χ2v) is 5.44. The number of nitrogens with two attached hydrogens (primary N) is 1. The Kier molecular flexibility index (Phi) is 4.61. The van der Waals surface area contributed by atoms with Gasteiger partial charge in [0.2, 0.25) is 0 Å². The molecule has 19 heavy (non-hydrogen) atoms. The highest BCUT2D eigenvalue weighted by Gasteiger charge is 2.14. The first-order valence-electron chi connectivity index (χ1n) is 6.23. The van der Waals surface area contributed by atoms with Crippen LogP contribution >= 0.6 is 11.8 Å². The van der Waals surface area contributed by atoms with Crippen molar-refractivity contribution in [2.45, 2.75) is 42.8 Å². The number of aryl methyl sites for hydroxylation is 1. The van der Waals surface area contributed by atoms with Crippen LogP contribution in [0.25, 0.3) is 0 Å². The fourth-order valence-corrected chi connectivity index (χ4v) is 2.64. The van der Waals surface area contributed by atoms with Gasteiger partial charge in [0.1, 0.15) is 12.1 Å². The van der Waals surface area contributed by atoms with Crippen LogP contribution in [0.15, 0.2) is 39.0 Å². The van der Waals surface area contributed by atoms with E-state index in [9.17, 15) is 4.39 Å². The maximum atomic E-state index is 13.9. The number of hydrogen-bond donors (Lipinski definition) is 1. The average Bonchev–Trinajstić information content (AvgIpc) is 2.79. The summed E-state index contributed by atoms with van der Waals surface area (Å²) in [6.07, 6.45) is 2.92. The third kappa shape index (κ3) is 3.58. The number of benzene rings is 1. The van der Waals surface area contributed by atoms with E-state index in [2.05, 4.69) is 4.98 Å². The molecule has 1 aromatic heterocycles. The molecule has 2 aromatic rings. The summed E-state index contributed by atoms with van der Waals surface area (Å²) in [5.74, 6) is -0.225. The molecule has 2 rings (SSSR count). The normalized spacial score (nSPS) is 12.6. The number of aromatic nitrogens is 1. The van der Waals surface area contributed by atoms with Crippen LogP contribution in [0.1, 0.15) is 24.6 Å². The smallest absolute Gasteiger partial charge is 0.260 e. The van der Waals surface area contributed by atoms with Crippen molar-refractivity contribution in [1.82, 2.24) is 4.98 Å². The van der Waals surface area contributed by atoms with E-state index in [1.54, 1.807) is 12.3 Å². The van der Waals surface area contributed by atoms with Gasteiger partial charge in [-0.15, -0.1) is 0 Å². The van der Waals surface area contributed by atoms with Crippen molar-refractivity contribution in [1.29, 1.82) is 0 Å². The van der Waals surface area contributed by atoms with Crippen molar-refractivity contribution in [2.24, 2.45) is 5.73 Å². The van der Waals surface area contributed by atoms with Crippen molar-refractivity contribution in [3.8, 4) is 0 Å². The van der Waals surface area contributed by atoms with Gasteiger partial charge in [-0.3, -0.25) is 0 Å². The van der Waals surface area contributed by atoms with Gasteiger partial charge in [0, 0.05) is 16.5 Å². The molecule has 1 aromatic carbocycles. The molecule has 1 atom stereocenters. The zero-order valence-electron chi connectivity index (χ0n) is 11.0. The number of nitrogens with zero attached hydrogens (tertiary/aromatic N) is 1. The Morgan fingerprint density at radius 2 is 2.26 bits per heavy atom. The van der Waals surface area contributed by atoms with Crippen molar-refractivity contribution in [3.63, 3.8) is 0 Å². The Hall–Kier alpha value is -1.33. The Morgan fingerprint density at radius 3 is 2.89 bits per heavy atom. The molecule has 5 heteroatoms. The lowest BCUT2D eigenvalue weighted by Gasteiger charge is -2.12. The fourth-order valence-electron chi connectivity index (χ4n) is 1.71. The summed E-state index contributed by atoms with van der Waals surface area (Å²) in [5.41, 5.74) is 7.37. The lowest BCUT2D eigenvalue weighted by atomic mass is 10.0. The molecule has 0 spiro atoms. The minimum Gasteiger partial charge on any atom is -0.439 e. The highest BCUT2D eigenvalue weighted by atomic mass is 32.2. The summed E-state index contributed by atoms with van der Waals surface area (Å²) in [7, 11) is 0. The SMILES string of the molecule is CCC(N)Cc1c(F)cccc1Sc1nc(C)co1. The van der Waals surface area contributed by atoms with Crippen molar-refractivity contribution >= 4 is 11.8 Å². The van der Waals surface area contributed by atoms with Crippen LogP contribution in [0.2, 0.25) is 0 Å². The Balaban J connectivity index is 2.26. The van der Waals surface area contributed by atoms with Crippen LogP contribution in [0, 0.1) is 12.7 Å². The van der Waals surface area contributed by atoms with Crippen LogP contribution in [-0.4, -0.2) is 11.0 Å². The zero-order chi connectivity index (χ0) is 13.8. The number of hydrogen-bond acceptors (Lipinski definition) is 4. The molecule has 1 unspecified atom stereocenters. The third-order valence-corrected chi connectivity index (χ3v) is 3.83. The molecule has 0 bridgehead atoms. The first kappa shape index (κ1) is 14.1. The van der Waals surface area contributed by atoms with Crippen molar-refractivity contribution < 1.29 is 8.81 Å². The van der Waals surface area contributed by atoms with Gasteiger partial charge < -0.3 is 10.2 Å². The third-order valence-electron chi connectivity index (χ3n) is 2.86. The molecule has 0 saturated heterocycles. The van der Waals surface area contributed by atoms with Crippen LogP contribution in [-0.2, 0) is 6.42 Å². The van der Waals surface area contributed by atoms with E-state index in [4.69, 9.17) is 10.2 Å². The fraction of sp³-hybridized carbons (Fsp3) is 0.357. The van der Waals surface area contributed by atoms with E-state index in [1.165, 1.54) is 17.8 Å². The number of oxazole rings is 1. The van der Waals surface area contributed by atoms with Gasteiger partial charge in [-0.1, -0.05) is 13.0 Å². The topological polar surface area (TPSA) is 52.0 Å². The molecular formula is C14H17FN2OS. The quantitative estimate of drug-likeness (QED) is 0.910. The molecule has 3 nitrogen and oxygen atoms in total. The summed E-state index contributed by atoms with van der Waals surface area (Å²) in [6.45, 7) is 3.85. The van der Waals surface area contributed by atoms with Gasteiger partial charge in [0.05, 0.1) is 5.69 Å². The first-order valence-corrected chi connectivity index (χ1v) is 7.04. The molecule has 0 saturated carbocycles. The predicted octanol–water partition coefficient (Wildman–Crippen LogP) is 3.55. The molecule has 0 aliphatic heterocycles.